The second kappa shape index (κ2) is 5.45. The Bertz CT molecular complexity index is 588. The van der Waals surface area contributed by atoms with Gasteiger partial charge in [-0.3, -0.25) is 4.79 Å². The third-order valence-corrected chi connectivity index (χ3v) is 2.81. The number of nitrogens with zero attached hydrogens (tertiary/aromatic N) is 2. The number of hydrogen-bond acceptors (Lipinski definition) is 3. The second-order valence-electron chi connectivity index (χ2n) is 5.53. The molecule has 0 amide bonds. The van der Waals surface area contributed by atoms with Gasteiger partial charge in [0.25, 0.3) is 0 Å². The van der Waals surface area contributed by atoms with Crippen LogP contribution in [0, 0.1) is 11.4 Å². The van der Waals surface area contributed by atoms with E-state index in [2.05, 4.69) is 4.98 Å². The zero-order valence-electron chi connectivity index (χ0n) is 11.7. The molecule has 20 heavy (non-hydrogen) atoms. The Labute approximate surface area is 117 Å². The van der Waals surface area contributed by atoms with Crippen LogP contribution in [0.15, 0.2) is 42.9 Å². The molecule has 2 aromatic heterocycles. The van der Waals surface area contributed by atoms with Crippen LogP contribution in [-0.4, -0.2) is 15.3 Å². The molecule has 0 aliphatic carbocycles. The van der Waals surface area contributed by atoms with Crippen LogP contribution in [0.2, 0.25) is 0 Å². The van der Waals surface area contributed by atoms with E-state index in [4.69, 9.17) is 4.74 Å². The van der Waals surface area contributed by atoms with Crippen molar-refractivity contribution in [2.45, 2.75) is 27.0 Å². The van der Waals surface area contributed by atoms with Gasteiger partial charge in [0.15, 0.2) is 5.78 Å². The fourth-order valence-corrected chi connectivity index (χ4v) is 1.71. The molecule has 0 radical (unpaired) electrons. The minimum absolute atomic E-state index is 0.0917. The first-order chi connectivity index (χ1) is 9.38. The van der Waals surface area contributed by atoms with Gasteiger partial charge in [-0.2, -0.15) is 4.39 Å². The smallest absolute Gasteiger partial charge is 0.235 e. The minimum atomic E-state index is -0.827. The Hall–Kier alpha value is -2.17. The summed E-state index contributed by atoms with van der Waals surface area (Å²) >= 11 is 0. The molecule has 0 saturated carbocycles. The summed E-state index contributed by atoms with van der Waals surface area (Å²) in [6, 6.07) is 6.29. The highest BCUT2D eigenvalue weighted by Gasteiger charge is 2.32. The van der Waals surface area contributed by atoms with Gasteiger partial charge in [0.05, 0.1) is 0 Å². The normalized spacial score (nSPS) is 13.0. The molecule has 0 bridgehead atoms. The number of aromatic nitrogens is 2. The maximum atomic E-state index is 13.1. The highest BCUT2D eigenvalue weighted by atomic mass is 19.1. The summed E-state index contributed by atoms with van der Waals surface area (Å²) in [5.74, 6) is -0.461. The van der Waals surface area contributed by atoms with Crippen LogP contribution in [-0.2, 0) is 4.79 Å². The third kappa shape index (κ3) is 3.23. The summed E-state index contributed by atoms with van der Waals surface area (Å²) in [4.78, 5) is 16.0. The van der Waals surface area contributed by atoms with Gasteiger partial charge in [-0.05, 0) is 18.2 Å². The van der Waals surface area contributed by atoms with E-state index in [0.29, 0.717) is 0 Å². The van der Waals surface area contributed by atoms with Crippen molar-refractivity contribution in [1.29, 1.82) is 0 Å². The van der Waals surface area contributed by atoms with Crippen LogP contribution in [0.1, 0.15) is 27.0 Å². The third-order valence-electron chi connectivity index (χ3n) is 2.81. The summed E-state index contributed by atoms with van der Waals surface area (Å²) in [6.45, 7) is 5.47. The van der Waals surface area contributed by atoms with Crippen molar-refractivity contribution < 1.29 is 13.9 Å². The van der Waals surface area contributed by atoms with Crippen LogP contribution in [0.25, 0.3) is 0 Å². The summed E-state index contributed by atoms with van der Waals surface area (Å²) in [5, 5.41) is 0. The van der Waals surface area contributed by atoms with Crippen molar-refractivity contribution in [3.8, 4) is 5.75 Å². The second-order valence-corrected chi connectivity index (χ2v) is 5.53. The van der Waals surface area contributed by atoms with E-state index < -0.39 is 17.6 Å². The molecule has 0 spiro atoms. The molecule has 5 heteroatoms. The summed E-state index contributed by atoms with van der Waals surface area (Å²) < 4.78 is 20.4. The van der Waals surface area contributed by atoms with E-state index in [-0.39, 0.29) is 11.5 Å². The Balaban J connectivity index is 2.31. The zero-order valence-corrected chi connectivity index (χ0v) is 11.7. The molecule has 4 nitrogen and oxygen atoms in total. The fraction of sp³-hybridized carbons (Fsp3) is 0.333. The first-order valence-electron chi connectivity index (χ1n) is 6.33. The lowest BCUT2D eigenvalue weighted by Gasteiger charge is -2.26. The molecule has 2 heterocycles. The molecule has 0 saturated heterocycles. The molecule has 1 unspecified atom stereocenters. The predicted octanol–water partition coefficient (Wildman–Crippen LogP) is 3.22. The fourth-order valence-electron chi connectivity index (χ4n) is 1.71. The van der Waals surface area contributed by atoms with Crippen LogP contribution in [0.3, 0.4) is 0 Å². The molecule has 0 N–H and O–H groups in total. The largest absolute Gasteiger partial charge is 0.463 e. The maximum Gasteiger partial charge on any atom is 0.235 e. The predicted molar refractivity (Wildman–Crippen MR) is 72.8 cm³/mol. The van der Waals surface area contributed by atoms with Crippen molar-refractivity contribution in [3.05, 3.63) is 48.8 Å². The summed E-state index contributed by atoms with van der Waals surface area (Å²) in [7, 11) is 0. The van der Waals surface area contributed by atoms with Gasteiger partial charge in [0.1, 0.15) is 5.75 Å². The minimum Gasteiger partial charge on any atom is -0.463 e. The van der Waals surface area contributed by atoms with Crippen LogP contribution < -0.4 is 4.74 Å². The number of rotatable bonds is 4. The van der Waals surface area contributed by atoms with Gasteiger partial charge >= 0.3 is 0 Å². The first kappa shape index (κ1) is 14.2. The van der Waals surface area contributed by atoms with Gasteiger partial charge in [0, 0.05) is 30.1 Å². The van der Waals surface area contributed by atoms with Crippen molar-refractivity contribution in [1.82, 2.24) is 9.55 Å². The lowest BCUT2D eigenvalue weighted by atomic mass is 9.89. The van der Waals surface area contributed by atoms with Crippen molar-refractivity contribution >= 4 is 5.78 Å². The number of Topliss-reactive ketones (excluding diaryl/α,β-unsaturated/α-hetero) is 1. The Kier molecular flexibility index (Phi) is 3.88. The van der Waals surface area contributed by atoms with Gasteiger partial charge in [-0.25, -0.2) is 4.98 Å². The highest BCUT2D eigenvalue weighted by Crippen LogP contribution is 2.26. The van der Waals surface area contributed by atoms with Crippen molar-refractivity contribution in [3.63, 3.8) is 0 Å². The molecule has 1 atom stereocenters. The average molecular weight is 276 g/mol. The Morgan fingerprint density at radius 2 is 2.00 bits per heavy atom. The number of carbonyl (C=O) groups excluding carboxylic acids is 1. The maximum absolute atomic E-state index is 13.1. The van der Waals surface area contributed by atoms with E-state index in [1.165, 1.54) is 12.3 Å². The van der Waals surface area contributed by atoms with Gasteiger partial charge in [-0.1, -0.05) is 20.8 Å². The molecule has 2 rings (SSSR count). The zero-order chi connectivity index (χ0) is 14.8. The molecule has 0 aliphatic heterocycles. The van der Waals surface area contributed by atoms with E-state index in [1.54, 1.807) is 29.1 Å². The highest BCUT2D eigenvalue weighted by molar-refractivity contribution is 5.86. The van der Waals surface area contributed by atoms with Crippen LogP contribution in [0.4, 0.5) is 4.39 Å². The molecular weight excluding hydrogens is 259 g/mol. The SMILES string of the molecule is CC(C)(C)C(=O)C(Oc1ccnc(F)c1)n1cccc1. The number of ether oxygens (including phenoxy) is 1. The number of ketones is 1. The summed E-state index contributed by atoms with van der Waals surface area (Å²) in [6.07, 6.45) is 3.96. The van der Waals surface area contributed by atoms with Crippen LogP contribution >= 0.6 is 0 Å². The van der Waals surface area contributed by atoms with Gasteiger partial charge in [-0.15, -0.1) is 0 Å². The molecule has 0 fully saturated rings. The van der Waals surface area contributed by atoms with E-state index in [0.717, 1.165) is 6.07 Å². The van der Waals surface area contributed by atoms with Crippen LogP contribution in [0.5, 0.6) is 5.75 Å². The average Bonchev–Trinajstić information content (AvgIpc) is 2.87. The van der Waals surface area contributed by atoms with Crippen molar-refractivity contribution in [2.24, 2.45) is 5.41 Å². The van der Waals surface area contributed by atoms with E-state index in [1.807, 2.05) is 20.8 Å². The topological polar surface area (TPSA) is 44.1 Å². The van der Waals surface area contributed by atoms with Gasteiger partial charge < -0.3 is 9.30 Å². The quantitative estimate of drug-likeness (QED) is 0.805. The Morgan fingerprint density at radius 3 is 2.55 bits per heavy atom. The monoisotopic (exact) mass is 276 g/mol. The molecule has 2 aromatic rings. The van der Waals surface area contributed by atoms with E-state index >= 15 is 0 Å². The number of pyridine rings is 1. The standard InChI is InChI=1S/C15H17FN2O2/c1-15(2,3)13(19)14(18-8-4-5-9-18)20-11-6-7-17-12(16)10-11/h4-10,14H,1-3H3. The lowest BCUT2D eigenvalue weighted by molar-refractivity contribution is -0.137. The number of halogens is 1. The first-order valence-corrected chi connectivity index (χ1v) is 6.33. The Morgan fingerprint density at radius 1 is 1.35 bits per heavy atom. The molecular formula is C15H17FN2O2. The van der Waals surface area contributed by atoms with Crippen molar-refractivity contribution in [2.75, 3.05) is 0 Å². The lowest BCUT2D eigenvalue weighted by Crippen LogP contribution is -2.33. The van der Waals surface area contributed by atoms with E-state index in [9.17, 15) is 9.18 Å². The molecule has 106 valence electrons. The summed E-state index contributed by atoms with van der Waals surface area (Å²) in [5.41, 5.74) is -0.569. The van der Waals surface area contributed by atoms with Gasteiger partial charge in [0.2, 0.25) is 12.2 Å². The number of carbonyl (C=O) groups is 1. The number of hydrogen-bond donors (Lipinski definition) is 0. The molecule has 0 aliphatic rings. The molecule has 0 aromatic carbocycles.